The first-order chi connectivity index (χ1) is 16.9. The fraction of sp³-hybridized carbons (Fsp3) is 0.348. The van der Waals surface area contributed by atoms with E-state index in [1.165, 1.54) is 6.20 Å². The highest BCUT2D eigenvalue weighted by molar-refractivity contribution is 7.93. The van der Waals surface area contributed by atoms with Crippen LogP contribution in [0.2, 0.25) is 5.02 Å². The molecule has 0 bridgehead atoms. The number of aromatic nitrogens is 3. The lowest BCUT2D eigenvalue weighted by Crippen LogP contribution is -2.19. The standard InChI is InChI=1S/C23H26ClN7O3S/c1-34-22-19(10-11-20(28-22)31-12-4-5-13-31)27-23-25-14-16(24)21(29-23)26-17-6-2-3-7-18(17)30-35(32,33)15-8-9-15/h2-3,6-7,10-11,14-15,30H,4-5,8-9,12-13H2,1H3,(H2,25,26,27,29). The minimum absolute atomic E-state index is 0.280. The van der Waals surface area contributed by atoms with Crippen LogP contribution >= 0.6 is 11.6 Å². The highest BCUT2D eigenvalue weighted by atomic mass is 35.5. The van der Waals surface area contributed by atoms with Crippen LogP contribution in [0.4, 0.5) is 34.6 Å². The molecule has 3 heterocycles. The zero-order chi connectivity index (χ0) is 24.4. The lowest BCUT2D eigenvalue weighted by Gasteiger charge is -2.18. The molecule has 1 aromatic carbocycles. The monoisotopic (exact) mass is 515 g/mol. The number of rotatable bonds is 9. The van der Waals surface area contributed by atoms with Crippen molar-refractivity contribution in [3.05, 3.63) is 47.6 Å². The molecule has 1 aliphatic carbocycles. The molecule has 0 spiro atoms. The molecule has 35 heavy (non-hydrogen) atoms. The van der Waals surface area contributed by atoms with E-state index in [-0.39, 0.29) is 16.2 Å². The maximum atomic E-state index is 12.4. The number of ether oxygens (including phenoxy) is 1. The van der Waals surface area contributed by atoms with Gasteiger partial charge in [0, 0.05) is 13.1 Å². The molecule has 1 aliphatic heterocycles. The maximum Gasteiger partial charge on any atom is 0.239 e. The van der Waals surface area contributed by atoms with Crippen molar-refractivity contribution < 1.29 is 13.2 Å². The number of hydrogen-bond donors (Lipinski definition) is 3. The average Bonchev–Trinajstić information content (AvgIpc) is 3.59. The van der Waals surface area contributed by atoms with Crippen molar-refractivity contribution in [3.63, 3.8) is 0 Å². The predicted octanol–water partition coefficient (Wildman–Crippen LogP) is 4.53. The molecule has 2 aliphatic rings. The largest absolute Gasteiger partial charge is 0.479 e. The van der Waals surface area contributed by atoms with Crippen molar-refractivity contribution in [3.8, 4) is 5.88 Å². The van der Waals surface area contributed by atoms with Gasteiger partial charge in [-0.15, -0.1) is 0 Å². The van der Waals surface area contributed by atoms with Gasteiger partial charge in [0.1, 0.15) is 16.5 Å². The first-order valence-electron chi connectivity index (χ1n) is 11.4. The molecule has 2 fully saturated rings. The molecule has 12 heteroatoms. The third-order valence-electron chi connectivity index (χ3n) is 5.86. The van der Waals surface area contributed by atoms with Crippen molar-refractivity contribution >= 4 is 56.3 Å². The Morgan fingerprint density at radius 2 is 1.74 bits per heavy atom. The number of pyridine rings is 1. The van der Waals surface area contributed by atoms with Gasteiger partial charge in [-0.3, -0.25) is 4.72 Å². The zero-order valence-electron chi connectivity index (χ0n) is 19.2. The predicted molar refractivity (Wildman–Crippen MR) is 138 cm³/mol. The molecule has 0 radical (unpaired) electrons. The summed E-state index contributed by atoms with van der Waals surface area (Å²) in [6, 6.07) is 10.8. The molecule has 1 saturated carbocycles. The van der Waals surface area contributed by atoms with Gasteiger partial charge in [0.25, 0.3) is 0 Å². The summed E-state index contributed by atoms with van der Waals surface area (Å²) in [6.07, 6.45) is 5.13. The van der Waals surface area contributed by atoms with Gasteiger partial charge in [-0.05, 0) is 49.9 Å². The Labute approximate surface area is 209 Å². The topological polar surface area (TPSA) is 121 Å². The molecule has 184 valence electrons. The summed E-state index contributed by atoms with van der Waals surface area (Å²) < 4.78 is 33.0. The van der Waals surface area contributed by atoms with Crippen LogP contribution in [-0.2, 0) is 10.0 Å². The second kappa shape index (κ2) is 9.74. The van der Waals surface area contributed by atoms with Gasteiger partial charge in [0.15, 0.2) is 5.82 Å². The number of para-hydroxylation sites is 2. The van der Waals surface area contributed by atoms with E-state index in [1.807, 2.05) is 12.1 Å². The number of halogens is 1. The lowest BCUT2D eigenvalue weighted by molar-refractivity contribution is 0.400. The summed E-state index contributed by atoms with van der Waals surface area (Å²) in [5.74, 6) is 1.90. The number of hydrogen-bond acceptors (Lipinski definition) is 9. The molecular weight excluding hydrogens is 490 g/mol. The quantitative estimate of drug-likeness (QED) is 0.377. The van der Waals surface area contributed by atoms with Crippen LogP contribution in [0, 0.1) is 0 Å². The first-order valence-corrected chi connectivity index (χ1v) is 13.3. The van der Waals surface area contributed by atoms with E-state index < -0.39 is 10.0 Å². The molecule has 0 unspecified atom stereocenters. The van der Waals surface area contributed by atoms with Gasteiger partial charge in [-0.25, -0.2) is 13.4 Å². The van der Waals surface area contributed by atoms with Crippen LogP contribution in [0.15, 0.2) is 42.6 Å². The molecule has 1 saturated heterocycles. The SMILES string of the molecule is COc1nc(N2CCCC2)ccc1Nc1ncc(Cl)c(Nc2ccccc2NS(=O)(=O)C2CC2)n1. The van der Waals surface area contributed by atoms with Gasteiger partial charge >= 0.3 is 0 Å². The van der Waals surface area contributed by atoms with Crippen molar-refractivity contribution in [2.45, 2.75) is 30.9 Å². The minimum atomic E-state index is -3.42. The number of methoxy groups -OCH3 is 1. The number of benzene rings is 1. The first kappa shape index (κ1) is 23.4. The van der Waals surface area contributed by atoms with Gasteiger partial charge in [0.2, 0.25) is 21.9 Å². The Morgan fingerprint density at radius 1 is 1.00 bits per heavy atom. The van der Waals surface area contributed by atoms with E-state index in [1.54, 1.807) is 31.4 Å². The fourth-order valence-electron chi connectivity index (χ4n) is 3.86. The summed E-state index contributed by atoms with van der Waals surface area (Å²) >= 11 is 6.35. The Bertz CT molecular complexity index is 1330. The minimum Gasteiger partial charge on any atom is -0.479 e. The summed E-state index contributed by atoms with van der Waals surface area (Å²) in [4.78, 5) is 15.6. The highest BCUT2D eigenvalue weighted by Crippen LogP contribution is 2.34. The molecule has 0 atom stereocenters. The second-order valence-corrected chi connectivity index (χ2v) is 10.8. The number of sulfonamides is 1. The van der Waals surface area contributed by atoms with Crippen LogP contribution in [0.25, 0.3) is 0 Å². The van der Waals surface area contributed by atoms with E-state index in [0.29, 0.717) is 41.6 Å². The summed E-state index contributed by atoms with van der Waals surface area (Å²) in [6.45, 7) is 1.97. The van der Waals surface area contributed by atoms with E-state index in [2.05, 4.69) is 35.2 Å². The molecular formula is C23H26ClN7O3S. The normalized spacial score (nSPS) is 15.7. The number of nitrogens with one attached hydrogen (secondary N) is 3. The third-order valence-corrected chi connectivity index (χ3v) is 7.99. The zero-order valence-corrected chi connectivity index (χ0v) is 20.7. The van der Waals surface area contributed by atoms with Crippen LogP contribution in [0.5, 0.6) is 5.88 Å². The Morgan fingerprint density at radius 3 is 2.46 bits per heavy atom. The third kappa shape index (κ3) is 5.35. The molecule has 3 aromatic rings. The Balaban J connectivity index is 1.37. The van der Waals surface area contributed by atoms with Crippen molar-refractivity contribution in [2.75, 3.05) is 40.5 Å². The van der Waals surface area contributed by atoms with Crippen LogP contribution in [0.3, 0.4) is 0 Å². The lowest BCUT2D eigenvalue weighted by atomic mass is 10.2. The number of nitrogens with zero attached hydrogens (tertiary/aromatic N) is 4. The average molecular weight is 516 g/mol. The van der Waals surface area contributed by atoms with Gasteiger partial charge < -0.3 is 20.3 Å². The molecule has 10 nitrogen and oxygen atoms in total. The highest BCUT2D eigenvalue weighted by Gasteiger charge is 2.36. The molecule has 0 amide bonds. The van der Waals surface area contributed by atoms with E-state index >= 15 is 0 Å². The Hall–Kier alpha value is -3.31. The van der Waals surface area contributed by atoms with Gasteiger partial charge in [0.05, 0.1) is 29.9 Å². The van der Waals surface area contributed by atoms with Crippen LogP contribution in [-0.4, -0.2) is 48.8 Å². The van der Waals surface area contributed by atoms with Gasteiger partial charge in [-0.2, -0.15) is 9.97 Å². The fourth-order valence-corrected chi connectivity index (χ4v) is 5.41. The maximum absolute atomic E-state index is 12.4. The number of anilines is 6. The molecule has 5 rings (SSSR count). The molecule has 2 aromatic heterocycles. The smallest absolute Gasteiger partial charge is 0.239 e. The van der Waals surface area contributed by atoms with Gasteiger partial charge in [-0.1, -0.05) is 23.7 Å². The summed E-state index contributed by atoms with van der Waals surface area (Å²) in [5, 5.41) is 6.20. The van der Waals surface area contributed by atoms with E-state index in [9.17, 15) is 8.42 Å². The van der Waals surface area contributed by atoms with Crippen LogP contribution in [0.1, 0.15) is 25.7 Å². The van der Waals surface area contributed by atoms with Crippen molar-refractivity contribution in [1.82, 2.24) is 15.0 Å². The summed E-state index contributed by atoms with van der Waals surface area (Å²) in [5.41, 5.74) is 1.56. The van der Waals surface area contributed by atoms with Crippen molar-refractivity contribution in [2.24, 2.45) is 0 Å². The van der Waals surface area contributed by atoms with Crippen molar-refractivity contribution in [1.29, 1.82) is 0 Å². The van der Waals surface area contributed by atoms with E-state index in [0.717, 1.165) is 31.7 Å². The van der Waals surface area contributed by atoms with E-state index in [4.69, 9.17) is 16.3 Å². The molecule has 3 N–H and O–H groups in total. The summed E-state index contributed by atoms with van der Waals surface area (Å²) in [7, 11) is -1.86. The second-order valence-electron chi connectivity index (χ2n) is 8.45. The van der Waals surface area contributed by atoms with Crippen LogP contribution < -0.4 is 25.0 Å². The Kier molecular flexibility index (Phi) is 6.52.